The monoisotopic (exact) mass is 366 g/mol. The molecule has 1 unspecified atom stereocenters. The zero-order valence-electron chi connectivity index (χ0n) is 15.6. The number of carbonyl (C=O) groups is 2. The van der Waals surface area contributed by atoms with E-state index in [-0.39, 0.29) is 24.1 Å². The number of aryl methyl sites for hydroxylation is 2. The molecule has 0 bridgehead atoms. The first kappa shape index (κ1) is 18.8. The van der Waals surface area contributed by atoms with Gasteiger partial charge in [0.25, 0.3) is 0 Å². The van der Waals surface area contributed by atoms with Gasteiger partial charge in [-0.15, -0.1) is 6.58 Å². The van der Waals surface area contributed by atoms with E-state index in [1.807, 2.05) is 26.0 Å². The number of fused-ring (bicyclic) bond motifs is 1. The van der Waals surface area contributed by atoms with Gasteiger partial charge in [-0.25, -0.2) is 4.39 Å². The summed E-state index contributed by atoms with van der Waals surface area (Å²) in [5.74, 6) is -1.08. The van der Waals surface area contributed by atoms with Crippen molar-refractivity contribution in [1.29, 1.82) is 0 Å². The van der Waals surface area contributed by atoms with Crippen LogP contribution in [0.5, 0.6) is 0 Å². The van der Waals surface area contributed by atoms with Gasteiger partial charge >= 0.3 is 0 Å². The average molecular weight is 366 g/mol. The molecule has 2 aromatic carbocycles. The maximum atomic E-state index is 13.1. The maximum absolute atomic E-state index is 13.1. The summed E-state index contributed by atoms with van der Waals surface area (Å²) in [6.07, 6.45) is 1.75. The van der Waals surface area contributed by atoms with Crippen molar-refractivity contribution in [2.24, 2.45) is 0 Å². The number of benzene rings is 2. The second-order valence-corrected chi connectivity index (χ2v) is 6.98. The van der Waals surface area contributed by atoms with E-state index >= 15 is 0 Å². The van der Waals surface area contributed by atoms with E-state index in [9.17, 15) is 14.0 Å². The van der Waals surface area contributed by atoms with Crippen molar-refractivity contribution >= 4 is 17.5 Å². The number of halogens is 1. The number of nitrogens with one attached hydrogen (secondary N) is 1. The van der Waals surface area contributed by atoms with Gasteiger partial charge in [0.2, 0.25) is 11.8 Å². The lowest BCUT2D eigenvalue weighted by Gasteiger charge is -2.23. The Bertz CT molecular complexity index is 890. The fourth-order valence-electron chi connectivity index (χ4n) is 3.61. The highest BCUT2D eigenvalue weighted by Gasteiger charge is 2.34. The molecular weight excluding hydrogens is 343 g/mol. The summed E-state index contributed by atoms with van der Waals surface area (Å²) >= 11 is 0. The number of carbonyl (C=O) groups excluding carboxylic acids is 2. The van der Waals surface area contributed by atoms with Crippen molar-refractivity contribution < 1.29 is 14.0 Å². The van der Waals surface area contributed by atoms with Crippen LogP contribution in [0, 0.1) is 19.7 Å². The Hall–Kier alpha value is -2.95. The van der Waals surface area contributed by atoms with Gasteiger partial charge in [0, 0.05) is 25.2 Å². The molecule has 4 nitrogen and oxygen atoms in total. The highest BCUT2D eigenvalue weighted by Crippen LogP contribution is 2.38. The molecule has 0 saturated carbocycles. The first-order valence-corrected chi connectivity index (χ1v) is 8.94. The zero-order valence-corrected chi connectivity index (χ0v) is 15.6. The van der Waals surface area contributed by atoms with Crippen LogP contribution in [-0.2, 0) is 16.1 Å². The topological polar surface area (TPSA) is 49.4 Å². The van der Waals surface area contributed by atoms with Crippen molar-refractivity contribution in [2.75, 3.05) is 11.9 Å². The SMILES string of the molecule is C=CCN(Cc1ccc(F)cc1)C(=O)CC1C(=O)Nc2cc(C)cc(C)c21. The number of nitrogens with zero attached hydrogens (tertiary/aromatic N) is 1. The summed E-state index contributed by atoms with van der Waals surface area (Å²) in [5, 5.41) is 2.89. The average Bonchev–Trinajstić information content (AvgIpc) is 2.91. The van der Waals surface area contributed by atoms with Crippen LogP contribution in [0.1, 0.15) is 34.6 Å². The molecule has 1 N–H and O–H groups in total. The molecule has 0 aromatic heterocycles. The van der Waals surface area contributed by atoms with E-state index in [4.69, 9.17) is 0 Å². The van der Waals surface area contributed by atoms with E-state index in [1.54, 1.807) is 23.1 Å². The lowest BCUT2D eigenvalue weighted by atomic mass is 9.91. The molecule has 0 saturated heterocycles. The molecule has 0 fully saturated rings. The molecule has 1 heterocycles. The van der Waals surface area contributed by atoms with Gasteiger partial charge in [-0.1, -0.05) is 24.3 Å². The van der Waals surface area contributed by atoms with Crippen molar-refractivity contribution in [3.8, 4) is 0 Å². The molecule has 2 amide bonds. The predicted molar refractivity (Wildman–Crippen MR) is 104 cm³/mol. The van der Waals surface area contributed by atoms with E-state index in [2.05, 4.69) is 11.9 Å². The van der Waals surface area contributed by atoms with Crippen molar-refractivity contribution in [3.05, 3.63) is 77.1 Å². The Kier molecular flexibility index (Phi) is 5.40. The van der Waals surface area contributed by atoms with Crippen LogP contribution < -0.4 is 5.32 Å². The summed E-state index contributed by atoms with van der Waals surface area (Å²) in [6, 6.07) is 10.0. The van der Waals surface area contributed by atoms with Crippen molar-refractivity contribution in [1.82, 2.24) is 4.90 Å². The fourth-order valence-corrected chi connectivity index (χ4v) is 3.61. The molecule has 0 aliphatic carbocycles. The summed E-state index contributed by atoms with van der Waals surface area (Å²) < 4.78 is 13.1. The van der Waals surface area contributed by atoms with Crippen LogP contribution >= 0.6 is 0 Å². The number of hydrogen-bond acceptors (Lipinski definition) is 2. The summed E-state index contributed by atoms with van der Waals surface area (Å²) in [6.45, 7) is 8.36. The van der Waals surface area contributed by atoms with Crippen LogP contribution in [0.25, 0.3) is 0 Å². The molecular formula is C22H23FN2O2. The highest BCUT2D eigenvalue weighted by molar-refractivity contribution is 6.05. The van der Waals surface area contributed by atoms with Crippen LogP contribution in [0.15, 0.2) is 49.1 Å². The van der Waals surface area contributed by atoms with Crippen molar-refractivity contribution in [3.63, 3.8) is 0 Å². The Labute approximate surface area is 158 Å². The number of rotatable bonds is 6. The molecule has 1 aliphatic heterocycles. The molecule has 1 atom stereocenters. The first-order chi connectivity index (χ1) is 12.9. The van der Waals surface area contributed by atoms with Gasteiger partial charge in [0.1, 0.15) is 5.82 Å². The van der Waals surface area contributed by atoms with E-state index in [1.165, 1.54) is 12.1 Å². The van der Waals surface area contributed by atoms with Crippen molar-refractivity contribution in [2.45, 2.75) is 32.7 Å². The normalized spacial score (nSPS) is 15.2. The fraction of sp³-hybridized carbons (Fsp3) is 0.273. The largest absolute Gasteiger partial charge is 0.335 e. The number of anilines is 1. The van der Waals surface area contributed by atoms with E-state index < -0.39 is 5.92 Å². The number of hydrogen-bond donors (Lipinski definition) is 1. The van der Waals surface area contributed by atoms with Gasteiger partial charge in [-0.2, -0.15) is 0 Å². The van der Waals surface area contributed by atoms with Gasteiger partial charge in [-0.05, 0) is 54.3 Å². The van der Waals surface area contributed by atoms with Gasteiger partial charge in [0.05, 0.1) is 5.92 Å². The van der Waals surface area contributed by atoms with Crippen LogP contribution in [0.2, 0.25) is 0 Å². The van der Waals surface area contributed by atoms with Crippen LogP contribution in [-0.4, -0.2) is 23.3 Å². The lowest BCUT2D eigenvalue weighted by molar-refractivity contribution is -0.133. The third-order valence-electron chi connectivity index (χ3n) is 4.82. The summed E-state index contributed by atoms with van der Waals surface area (Å²) in [5.41, 5.74) is 4.61. The third-order valence-corrected chi connectivity index (χ3v) is 4.82. The molecule has 140 valence electrons. The highest BCUT2D eigenvalue weighted by atomic mass is 19.1. The molecule has 0 spiro atoms. The molecule has 2 aromatic rings. The molecule has 0 radical (unpaired) electrons. The van der Waals surface area contributed by atoms with Crippen LogP contribution in [0.4, 0.5) is 10.1 Å². The second-order valence-electron chi connectivity index (χ2n) is 6.98. The Morgan fingerprint density at radius 3 is 2.63 bits per heavy atom. The zero-order chi connectivity index (χ0) is 19.6. The molecule has 1 aliphatic rings. The molecule has 27 heavy (non-hydrogen) atoms. The standard InChI is InChI=1S/C22H23FN2O2/c1-4-9-25(13-16-5-7-17(23)8-6-16)20(26)12-18-21-15(3)10-14(2)11-19(21)24-22(18)27/h4-8,10-11,18H,1,9,12-13H2,2-3H3,(H,24,27). The first-order valence-electron chi connectivity index (χ1n) is 8.94. The van der Waals surface area contributed by atoms with E-state index in [0.29, 0.717) is 13.1 Å². The Balaban J connectivity index is 1.79. The lowest BCUT2D eigenvalue weighted by Crippen LogP contribution is -2.32. The maximum Gasteiger partial charge on any atom is 0.232 e. The summed E-state index contributed by atoms with van der Waals surface area (Å²) in [7, 11) is 0. The molecule has 3 rings (SSSR count). The summed E-state index contributed by atoms with van der Waals surface area (Å²) in [4.78, 5) is 27.0. The van der Waals surface area contributed by atoms with Crippen LogP contribution in [0.3, 0.4) is 0 Å². The Morgan fingerprint density at radius 1 is 1.26 bits per heavy atom. The minimum Gasteiger partial charge on any atom is -0.335 e. The predicted octanol–water partition coefficient (Wildman–Crippen LogP) is 4.08. The quantitative estimate of drug-likeness (QED) is 0.783. The van der Waals surface area contributed by atoms with Gasteiger partial charge in [-0.3, -0.25) is 9.59 Å². The minimum absolute atomic E-state index is 0.0950. The van der Waals surface area contributed by atoms with E-state index in [0.717, 1.165) is 27.9 Å². The number of amides is 2. The second kappa shape index (κ2) is 7.74. The third kappa shape index (κ3) is 4.08. The minimum atomic E-state index is -0.492. The molecule has 5 heteroatoms. The Morgan fingerprint density at radius 2 is 1.96 bits per heavy atom. The van der Waals surface area contributed by atoms with Gasteiger partial charge < -0.3 is 10.2 Å². The smallest absolute Gasteiger partial charge is 0.232 e. The van der Waals surface area contributed by atoms with Gasteiger partial charge in [0.15, 0.2) is 0 Å².